The van der Waals surface area contributed by atoms with Gasteiger partial charge in [0.2, 0.25) is 11.8 Å². The largest absolute Gasteiger partial charge is 0.342 e. The number of piperidine rings is 1. The van der Waals surface area contributed by atoms with Crippen molar-refractivity contribution >= 4 is 17.6 Å². The van der Waals surface area contributed by atoms with Crippen molar-refractivity contribution in [1.29, 1.82) is 0 Å². The second-order valence-corrected chi connectivity index (χ2v) is 6.04. The summed E-state index contributed by atoms with van der Waals surface area (Å²) < 4.78 is 1.77. The van der Waals surface area contributed by atoms with Crippen LogP contribution in [-0.4, -0.2) is 39.6 Å². The number of aromatic nitrogens is 2. The number of likely N-dealkylation sites (tertiary alicyclic amines) is 1. The molecule has 0 bridgehead atoms. The molecular weight excluding hydrogens is 268 g/mol. The normalized spacial score (nSPS) is 21.2. The molecule has 0 spiro atoms. The number of fused-ring (bicyclic) bond motifs is 1. The van der Waals surface area contributed by atoms with E-state index >= 15 is 0 Å². The van der Waals surface area contributed by atoms with E-state index in [-0.39, 0.29) is 17.7 Å². The molecule has 3 rings (SSSR count). The van der Waals surface area contributed by atoms with Gasteiger partial charge in [0.1, 0.15) is 5.82 Å². The quantitative estimate of drug-likeness (QED) is 0.887. The van der Waals surface area contributed by atoms with Gasteiger partial charge in [0.15, 0.2) is 0 Å². The molecule has 1 atom stereocenters. The molecule has 0 saturated carbocycles. The first-order valence-corrected chi connectivity index (χ1v) is 7.67. The molecule has 1 aromatic heterocycles. The number of carbonyl (C=O) groups excluding carboxylic acids is 2. The summed E-state index contributed by atoms with van der Waals surface area (Å²) >= 11 is 0. The van der Waals surface area contributed by atoms with Crippen molar-refractivity contribution in [2.24, 2.45) is 13.0 Å². The SMILES string of the molecule is CC(=O)N1CCC[C@@H](C(=O)Nc2c3c(nn2C)CCC3)C1. The van der Waals surface area contributed by atoms with Crippen LogP contribution in [0.5, 0.6) is 0 Å². The molecule has 1 aliphatic carbocycles. The van der Waals surface area contributed by atoms with Gasteiger partial charge < -0.3 is 10.2 Å². The van der Waals surface area contributed by atoms with E-state index in [9.17, 15) is 9.59 Å². The van der Waals surface area contributed by atoms with Crippen LogP contribution in [0.2, 0.25) is 0 Å². The smallest absolute Gasteiger partial charge is 0.230 e. The van der Waals surface area contributed by atoms with Gasteiger partial charge in [-0.15, -0.1) is 0 Å². The fraction of sp³-hybridized carbons (Fsp3) is 0.667. The van der Waals surface area contributed by atoms with E-state index in [0.29, 0.717) is 6.54 Å². The van der Waals surface area contributed by atoms with Gasteiger partial charge in [-0.3, -0.25) is 14.3 Å². The average Bonchev–Trinajstić information content (AvgIpc) is 3.02. The zero-order valence-corrected chi connectivity index (χ0v) is 12.7. The summed E-state index contributed by atoms with van der Waals surface area (Å²) in [5.41, 5.74) is 2.30. The third-order valence-corrected chi connectivity index (χ3v) is 4.55. The zero-order chi connectivity index (χ0) is 15.0. The third-order valence-electron chi connectivity index (χ3n) is 4.55. The number of rotatable bonds is 2. The van der Waals surface area contributed by atoms with E-state index in [0.717, 1.165) is 50.2 Å². The van der Waals surface area contributed by atoms with Crippen LogP contribution >= 0.6 is 0 Å². The van der Waals surface area contributed by atoms with Gasteiger partial charge in [0, 0.05) is 32.6 Å². The third kappa shape index (κ3) is 2.66. The summed E-state index contributed by atoms with van der Waals surface area (Å²) in [5.74, 6) is 0.787. The highest BCUT2D eigenvalue weighted by atomic mass is 16.2. The first kappa shape index (κ1) is 14.1. The van der Waals surface area contributed by atoms with E-state index < -0.39 is 0 Å². The summed E-state index contributed by atoms with van der Waals surface area (Å²) in [6.07, 6.45) is 4.84. The number of hydrogen-bond acceptors (Lipinski definition) is 3. The van der Waals surface area contributed by atoms with Crippen molar-refractivity contribution in [1.82, 2.24) is 14.7 Å². The first-order valence-electron chi connectivity index (χ1n) is 7.67. The molecular formula is C15H22N4O2. The van der Waals surface area contributed by atoms with E-state index in [4.69, 9.17) is 0 Å². The highest BCUT2D eigenvalue weighted by Gasteiger charge is 2.29. The average molecular weight is 290 g/mol. The van der Waals surface area contributed by atoms with Gasteiger partial charge in [0.25, 0.3) is 0 Å². The Morgan fingerprint density at radius 2 is 2.10 bits per heavy atom. The summed E-state index contributed by atoms with van der Waals surface area (Å²) in [6.45, 7) is 2.86. The van der Waals surface area contributed by atoms with Gasteiger partial charge >= 0.3 is 0 Å². The molecule has 2 aliphatic rings. The minimum absolute atomic E-state index is 0.0126. The molecule has 6 heteroatoms. The molecule has 2 amide bonds. The number of nitrogens with one attached hydrogen (secondary N) is 1. The van der Waals surface area contributed by atoms with Crippen LogP contribution in [0.4, 0.5) is 5.82 Å². The number of amides is 2. The number of carbonyl (C=O) groups is 2. The monoisotopic (exact) mass is 290 g/mol. The van der Waals surface area contributed by atoms with Gasteiger partial charge in [-0.05, 0) is 32.1 Å². The van der Waals surface area contributed by atoms with Crippen LogP contribution in [0.15, 0.2) is 0 Å². The van der Waals surface area contributed by atoms with Gasteiger partial charge in [-0.2, -0.15) is 5.10 Å². The number of aryl methyl sites for hydroxylation is 2. The van der Waals surface area contributed by atoms with Crippen molar-refractivity contribution < 1.29 is 9.59 Å². The molecule has 21 heavy (non-hydrogen) atoms. The maximum Gasteiger partial charge on any atom is 0.230 e. The number of anilines is 1. The number of hydrogen-bond donors (Lipinski definition) is 1. The standard InChI is InChI=1S/C15H22N4O2/c1-10(20)19-8-4-5-11(9-19)15(21)16-14-12-6-3-7-13(12)17-18(14)2/h11H,3-9H2,1-2H3,(H,16,21)/t11-/m1/s1. The van der Waals surface area contributed by atoms with Crippen LogP contribution in [0.3, 0.4) is 0 Å². The molecule has 114 valence electrons. The van der Waals surface area contributed by atoms with Crippen molar-refractivity contribution in [2.75, 3.05) is 18.4 Å². The van der Waals surface area contributed by atoms with Crippen molar-refractivity contribution in [2.45, 2.75) is 39.0 Å². The van der Waals surface area contributed by atoms with Crippen molar-refractivity contribution in [3.63, 3.8) is 0 Å². The highest BCUT2D eigenvalue weighted by Crippen LogP contribution is 2.29. The van der Waals surface area contributed by atoms with Gasteiger partial charge in [-0.25, -0.2) is 0 Å². The Labute approximate surface area is 124 Å². The lowest BCUT2D eigenvalue weighted by molar-refractivity contribution is -0.132. The van der Waals surface area contributed by atoms with Crippen LogP contribution in [0.1, 0.15) is 37.4 Å². The Bertz CT molecular complexity index is 578. The van der Waals surface area contributed by atoms with Crippen LogP contribution < -0.4 is 5.32 Å². The van der Waals surface area contributed by atoms with Crippen molar-refractivity contribution in [3.8, 4) is 0 Å². The topological polar surface area (TPSA) is 67.2 Å². The predicted molar refractivity (Wildman–Crippen MR) is 78.8 cm³/mol. The Hall–Kier alpha value is -1.85. The summed E-state index contributed by atoms with van der Waals surface area (Å²) in [6, 6.07) is 0. The first-order chi connectivity index (χ1) is 10.1. The lowest BCUT2D eigenvalue weighted by Crippen LogP contribution is -2.43. The summed E-state index contributed by atoms with van der Waals surface area (Å²) in [4.78, 5) is 25.7. The minimum Gasteiger partial charge on any atom is -0.342 e. The Morgan fingerprint density at radius 3 is 2.86 bits per heavy atom. The zero-order valence-electron chi connectivity index (χ0n) is 12.7. The van der Waals surface area contributed by atoms with Gasteiger partial charge in [-0.1, -0.05) is 0 Å². The Balaban J connectivity index is 1.70. The molecule has 1 N–H and O–H groups in total. The molecule has 1 saturated heterocycles. The lowest BCUT2D eigenvalue weighted by Gasteiger charge is -2.31. The Morgan fingerprint density at radius 1 is 1.29 bits per heavy atom. The predicted octanol–water partition coefficient (Wildman–Crippen LogP) is 1.11. The second kappa shape index (κ2) is 5.50. The van der Waals surface area contributed by atoms with Crippen LogP contribution in [0, 0.1) is 5.92 Å². The van der Waals surface area contributed by atoms with Crippen molar-refractivity contribution in [3.05, 3.63) is 11.3 Å². The van der Waals surface area contributed by atoms with E-state index in [1.807, 2.05) is 7.05 Å². The van der Waals surface area contributed by atoms with E-state index in [2.05, 4.69) is 10.4 Å². The molecule has 0 radical (unpaired) electrons. The maximum atomic E-state index is 12.5. The molecule has 1 fully saturated rings. The van der Waals surface area contributed by atoms with Crippen LogP contribution in [-0.2, 0) is 29.5 Å². The minimum atomic E-state index is -0.116. The lowest BCUT2D eigenvalue weighted by atomic mass is 9.97. The highest BCUT2D eigenvalue weighted by molar-refractivity contribution is 5.93. The van der Waals surface area contributed by atoms with Gasteiger partial charge in [0.05, 0.1) is 11.6 Å². The van der Waals surface area contributed by atoms with E-state index in [1.165, 1.54) is 5.56 Å². The molecule has 1 aliphatic heterocycles. The van der Waals surface area contributed by atoms with Crippen LogP contribution in [0.25, 0.3) is 0 Å². The molecule has 6 nitrogen and oxygen atoms in total. The summed E-state index contributed by atoms with van der Waals surface area (Å²) in [7, 11) is 1.87. The molecule has 0 unspecified atom stereocenters. The summed E-state index contributed by atoms with van der Waals surface area (Å²) in [5, 5.41) is 7.51. The molecule has 2 heterocycles. The second-order valence-electron chi connectivity index (χ2n) is 6.04. The maximum absolute atomic E-state index is 12.5. The molecule has 0 aromatic carbocycles. The fourth-order valence-electron chi connectivity index (χ4n) is 3.37. The fourth-order valence-corrected chi connectivity index (χ4v) is 3.37. The Kier molecular flexibility index (Phi) is 3.69. The number of nitrogens with zero attached hydrogens (tertiary/aromatic N) is 3. The molecule has 1 aromatic rings. The van der Waals surface area contributed by atoms with E-state index in [1.54, 1.807) is 16.5 Å².